The van der Waals surface area contributed by atoms with Gasteiger partial charge in [0, 0.05) is 0 Å². The van der Waals surface area contributed by atoms with Crippen LogP contribution in [0.15, 0.2) is 53.8 Å². The number of imidazole rings is 1. The Morgan fingerprint density at radius 1 is 1.15 bits per heavy atom. The standard InChI is InChI=1S/C20H22N4O2/c1-14-6-4-5-7-17(14)13-26-19-10-16(8-9-18(19)25-3)11-22-24-12-15(2)23-20(24)21/h4-12H,13H2,1-3H3,(H2,21,23). The highest BCUT2D eigenvalue weighted by atomic mass is 16.5. The second-order valence-corrected chi connectivity index (χ2v) is 5.96. The molecular weight excluding hydrogens is 328 g/mol. The Bertz CT molecular complexity index is 931. The van der Waals surface area contributed by atoms with Gasteiger partial charge in [-0.1, -0.05) is 24.3 Å². The quantitative estimate of drug-likeness (QED) is 0.690. The van der Waals surface area contributed by atoms with Crippen molar-refractivity contribution in [3.63, 3.8) is 0 Å². The predicted molar refractivity (Wildman–Crippen MR) is 103 cm³/mol. The summed E-state index contributed by atoms with van der Waals surface area (Å²) < 4.78 is 12.9. The Morgan fingerprint density at radius 2 is 1.96 bits per heavy atom. The molecule has 0 aliphatic heterocycles. The molecule has 2 aromatic carbocycles. The molecular formula is C20H22N4O2. The van der Waals surface area contributed by atoms with Crippen molar-refractivity contribution in [3.8, 4) is 11.5 Å². The van der Waals surface area contributed by atoms with Gasteiger partial charge in [0.1, 0.15) is 6.61 Å². The normalized spacial score (nSPS) is 11.0. The fourth-order valence-electron chi connectivity index (χ4n) is 2.54. The molecule has 2 N–H and O–H groups in total. The lowest BCUT2D eigenvalue weighted by Crippen LogP contribution is -2.00. The van der Waals surface area contributed by atoms with Crippen LogP contribution in [0, 0.1) is 13.8 Å². The van der Waals surface area contributed by atoms with Gasteiger partial charge in [0.2, 0.25) is 5.95 Å². The van der Waals surface area contributed by atoms with Gasteiger partial charge in [-0.15, -0.1) is 0 Å². The molecule has 134 valence electrons. The number of aryl methyl sites for hydroxylation is 2. The summed E-state index contributed by atoms with van der Waals surface area (Å²) in [6, 6.07) is 13.8. The van der Waals surface area contributed by atoms with Crippen LogP contribution in [0.2, 0.25) is 0 Å². The maximum Gasteiger partial charge on any atom is 0.221 e. The smallest absolute Gasteiger partial charge is 0.221 e. The minimum atomic E-state index is 0.350. The SMILES string of the molecule is COc1ccc(C=Nn2cc(C)nc2N)cc1OCc1ccccc1C. The third-order valence-corrected chi connectivity index (χ3v) is 4.00. The zero-order valence-electron chi connectivity index (χ0n) is 15.1. The molecule has 1 heterocycles. The third kappa shape index (κ3) is 4.03. The number of anilines is 1. The van der Waals surface area contributed by atoms with E-state index in [1.165, 1.54) is 10.2 Å². The fourth-order valence-corrected chi connectivity index (χ4v) is 2.54. The highest BCUT2D eigenvalue weighted by molar-refractivity contribution is 5.81. The van der Waals surface area contributed by atoms with Crippen LogP contribution in [0.5, 0.6) is 11.5 Å². The van der Waals surface area contributed by atoms with Gasteiger partial charge in [-0.05, 0) is 48.7 Å². The number of aromatic nitrogens is 2. The van der Waals surface area contributed by atoms with Crippen LogP contribution in [0.1, 0.15) is 22.4 Å². The van der Waals surface area contributed by atoms with Crippen LogP contribution in [0.25, 0.3) is 0 Å². The largest absolute Gasteiger partial charge is 0.493 e. The van der Waals surface area contributed by atoms with Crippen molar-refractivity contribution in [2.75, 3.05) is 12.8 Å². The lowest BCUT2D eigenvalue weighted by molar-refractivity contribution is 0.284. The molecule has 0 saturated heterocycles. The second-order valence-electron chi connectivity index (χ2n) is 5.96. The summed E-state index contributed by atoms with van der Waals surface area (Å²) in [5.74, 6) is 1.69. The van der Waals surface area contributed by atoms with Crippen molar-refractivity contribution in [2.45, 2.75) is 20.5 Å². The number of hydrogen-bond acceptors (Lipinski definition) is 5. The maximum atomic E-state index is 5.98. The first-order valence-corrected chi connectivity index (χ1v) is 8.28. The van der Waals surface area contributed by atoms with Crippen molar-refractivity contribution in [2.24, 2.45) is 5.10 Å². The highest BCUT2D eigenvalue weighted by Gasteiger charge is 2.07. The van der Waals surface area contributed by atoms with Crippen LogP contribution >= 0.6 is 0 Å². The number of rotatable bonds is 6. The van der Waals surface area contributed by atoms with Gasteiger partial charge in [-0.25, -0.2) is 9.66 Å². The lowest BCUT2D eigenvalue weighted by Gasteiger charge is -2.12. The molecule has 0 fully saturated rings. The summed E-state index contributed by atoms with van der Waals surface area (Å²) >= 11 is 0. The Morgan fingerprint density at radius 3 is 2.65 bits per heavy atom. The molecule has 0 amide bonds. The zero-order valence-corrected chi connectivity index (χ0v) is 15.1. The number of ether oxygens (including phenoxy) is 2. The molecule has 0 bridgehead atoms. The molecule has 3 rings (SSSR count). The topological polar surface area (TPSA) is 74.7 Å². The second kappa shape index (κ2) is 7.74. The van der Waals surface area contributed by atoms with E-state index < -0.39 is 0 Å². The fraction of sp³-hybridized carbons (Fsp3) is 0.200. The summed E-state index contributed by atoms with van der Waals surface area (Å²) in [6.45, 7) is 4.40. The monoisotopic (exact) mass is 350 g/mol. The Hall–Kier alpha value is -3.28. The van der Waals surface area contributed by atoms with Gasteiger partial charge < -0.3 is 15.2 Å². The third-order valence-electron chi connectivity index (χ3n) is 4.00. The summed E-state index contributed by atoms with van der Waals surface area (Å²) in [4.78, 5) is 4.12. The van der Waals surface area contributed by atoms with Crippen molar-refractivity contribution < 1.29 is 9.47 Å². The van der Waals surface area contributed by atoms with E-state index in [0.717, 1.165) is 16.8 Å². The van der Waals surface area contributed by atoms with Crippen molar-refractivity contribution >= 4 is 12.2 Å². The minimum Gasteiger partial charge on any atom is -0.493 e. The van der Waals surface area contributed by atoms with Crippen molar-refractivity contribution in [1.82, 2.24) is 9.66 Å². The van der Waals surface area contributed by atoms with E-state index in [9.17, 15) is 0 Å². The number of nitrogens with zero attached hydrogens (tertiary/aromatic N) is 3. The molecule has 26 heavy (non-hydrogen) atoms. The Kier molecular flexibility index (Phi) is 5.22. The van der Waals surface area contributed by atoms with Gasteiger partial charge >= 0.3 is 0 Å². The van der Waals surface area contributed by atoms with E-state index >= 15 is 0 Å². The highest BCUT2D eigenvalue weighted by Crippen LogP contribution is 2.28. The average molecular weight is 350 g/mol. The van der Waals surface area contributed by atoms with E-state index in [-0.39, 0.29) is 0 Å². The van der Waals surface area contributed by atoms with E-state index in [4.69, 9.17) is 15.2 Å². The van der Waals surface area contributed by atoms with Crippen LogP contribution in [0.3, 0.4) is 0 Å². The maximum absolute atomic E-state index is 5.98. The Balaban J connectivity index is 1.80. The molecule has 3 aromatic rings. The van der Waals surface area contributed by atoms with E-state index in [0.29, 0.717) is 24.1 Å². The van der Waals surface area contributed by atoms with Gasteiger partial charge in [0.15, 0.2) is 11.5 Å². The summed E-state index contributed by atoms with van der Waals surface area (Å²) in [6.07, 6.45) is 3.47. The molecule has 0 atom stereocenters. The van der Waals surface area contributed by atoms with Crippen molar-refractivity contribution in [3.05, 3.63) is 71.0 Å². The molecule has 0 saturated carbocycles. The van der Waals surface area contributed by atoms with E-state index in [1.807, 2.05) is 37.3 Å². The number of hydrogen-bond donors (Lipinski definition) is 1. The summed E-state index contributed by atoms with van der Waals surface area (Å²) in [5, 5.41) is 4.33. The van der Waals surface area contributed by atoms with Gasteiger partial charge in [0.05, 0.1) is 25.2 Å². The van der Waals surface area contributed by atoms with Gasteiger partial charge in [-0.3, -0.25) is 0 Å². The first-order valence-electron chi connectivity index (χ1n) is 8.28. The van der Waals surface area contributed by atoms with Gasteiger partial charge in [0.25, 0.3) is 0 Å². The molecule has 6 heteroatoms. The predicted octanol–water partition coefficient (Wildman–Crippen LogP) is 3.55. The number of nitrogens with two attached hydrogens (primary N) is 1. The summed E-state index contributed by atoms with van der Waals surface area (Å²) in [7, 11) is 1.62. The molecule has 0 aliphatic rings. The molecule has 6 nitrogen and oxygen atoms in total. The minimum absolute atomic E-state index is 0.350. The van der Waals surface area contributed by atoms with Crippen LogP contribution in [-0.2, 0) is 6.61 Å². The number of benzene rings is 2. The van der Waals surface area contributed by atoms with Crippen LogP contribution in [0.4, 0.5) is 5.95 Å². The first-order chi connectivity index (χ1) is 12.6. The lowest BCUT2D eigenvalue weighted by atomic mass is 10.1. The summed E-state index contributed by atoms with van der Waals surface area (Å²) in [5.41, 5.74) is 9.81. The zero-order chi connectivity index (χ0) is 18.5. The first kappa shape index (κ1) is 17.5. The van der Waals surface area contributed by atoms with Crippen molar-refractivity contribution in [1.29, 1.82) is 0 Å². The van der Waals surface area contributed by atoms with E-state index in [2.05, 4.69) is 29.1 Å². The van der Waals surface area contributed by atoms with Gasteiger partial charge in [-0.2, -0.15) is 5.10 Å². The molecule has 0 aliphatic carbocycles. The van der Waals surface area contributed by atoms with Crippen LogP contribution in [-0.4, -0.2) is 23.0 Å². The Labute approximate surface area is 152 Å². The number of methoxy groups -OCH3 is 1. The molecule has 0 spiro atoms. The van der Waals surface area contributed by atoms with E-state index in [1.54, 1.807) is 19.5 Å². The molecule has 0 unspecified atom stereocenters. The molecule has 0 radical (unpaired) electrons. The molecule has 1 aromatic heterocycles. The average Bonchev–Trinajstić information content (AvgIpc) is 2.96. The number of nitrogen functional groups attached to an aromatic ring is 1. The van der Waals surface area contributed by atoms with Crippen LogP contribution < -0.4 is 15.2 Å².